The third-order valence-electron chi connectivity index (χ3n) is 4.59. The molecule has 3 unspecified atom stereocenters. The van der Waals surface area contributed by atoms with Crippen LogP contribution < -0.4 is 5.32 Å². The first kappa shape index (κ1) is 15.3. The molecule has 4 nitrogen and oxygen atoms in total. The molecule has 0 aromatic carbocycles. The number of carbonyl (C=O) groups is 1. The van der Waals surface area contributed by atoms with Gasteiger partial charge in [0, 0.05) is 21.5 Å². The smallest absolute Gasteiger partial charge is 0.270 e. The van der Waals surface area contributed by atoms with Crippen molar-refractivity contribution in [1.82, 2.24) is 5.32 Å². The lowest BCUT2D eigenvalue weighted by Gasteiger charge is -2.12. The average Bonchev–Trinajstić information content (AvgIpc) is 2.91. The van der Waals surface area contributed by atoms with Gasteiger partial charge in [-0.1, -0.05) is 12.8 Å². The lowest BCUT2D eigenvalue weighted by molar-refractivity contribution is -0.123. The van der Waals surface area contributed by atoms with E-state index >= 15 is 0 Å². The molecule has 2 aliphatic carbocycles. The van der Waals surface area contributed by atoms with Crippen LogP contribution in [0.25, 0.3) is 0 Å². The van der Waals surface area contributed by atoms with Crippen molar-refractivity contribution < 1.29 is 13.2 Å². The summed E-state index contributed by atoms with van der Waals surface area (Å²) in [5, 5.41) is 3.01. The first-order valence-corrected chi connectivity index (χ1v) is 10.4. The summed E-state index contributed by atoms with van der Waals surface area (Å²) in [6.07, 6.45) is 4.82. The molecular weight excluding hydrogens is 330 g/mol. The van der Waals surface area contributed by atoms with Gasteiger partial charge in [-0.15, -0.1) is 11.3 Å². The number of thiophene rings is 1. The average molecular weight is 348 g/mol. The maximum Gasteiger partial charge on any atom is 0.270 e. The van der Waals surface area contributed by atoms with Gasteiger partial charge in [-0.3, -0.25) is 4.79 Å². The van der Waals surface area contributed by atoms with E-state index in [0.717, 1.165) is 16.2 Å². The van der Waals surface area contributed by atoms with Crippen molar-refractivity contribution in [1.29, 1.82) is 0 Å². The summed E-state index contributed by atoms with van der Waals surface area (Å²) < 4.78 is 22.7. The van der Waals surface area contributed by atoms with Crippen molar-refractivity contribution in [3.8, 4) is 0 Å². The van der Waals surface area contributed by atoms with Crippen LogP contribution in [0.3, 0.4) is 0 Å². The molecule has 3 atom stereocenters. The highest BCUT2D eigenvalue weighted by Gasteiger charge is 2.54. The number of halogens is 1. The van der Waals surface area contributed by atoms with Crippen LogP contribution >= 0.6 is 22.0 Å². The zero-order valence-electron chi connectivity index (χ0n) is 11.7. The van der Waals surface area contributed by atoms with Crippen LogP contribution in [0.5, 0.6) is 0 Å². The Hall–Kier alpha value is -0.590. The fourth-order valence-corrected chi connectivity index (χ4v) is 5.56. The van der Waals surface area contributed by atoms with Gasteiger partial charge in [0.1, 0.15) is 4.21 Å². The van der Waals surface area contributed by atoms with Gasteiger partial charge in [0.05, 0.1) is 6.04 Å². The summed E-state index contributed by atoms with van der Waals surface area (Å²) in [7, 11) is 1.63. The Morgan fingerprint density at radius 3 is 2.48 bits per heavy atom. The standard InChI is InChI=1S/C14H18ClNO3S2/c1-8(11-6-7-12(20-11)21(15,18)19)16-14(17)13-9-4-2-3-5-10(9)13/h6-10,13H,2-5H2,1H3,(H,16,17). The molecule has 2 aliphatic rings. The molecular formula is C14H18ClNO3S2. The molecule has 1 N–H and O–H groups in total. The zero-order chi connectivity index (χ0) is 15.2. The fraction of sp³-hybridized carbons (Fsp3) is 0.643. The molecule has 7 heteroatoms. The van der Waals surface area contributed by atoms with E-state index in [1.54, 1.807) is 6.07 Å². The maximum absolute atomic E-state index is 12.3. The predicted octanol–water partition coefficient (Wildman–Crippen LogP) is 3.29. The Morgan fingerprint density at radius 2 is 1.95 bits per heavy atom. The minimum atomic E-state index is -3.69. The van der Waals surface area contributed by atoms with Gasteiger partial charge in [0.25, 0.3) is 9.05 Å². The quantitative estimate of drug-likeness (QED) is 0.850. The number of rotatable bonds is 4. The number of nitrogens with one attached hydrogen (secondary N) is 1. The van der Waals surface area contributed by atoms with Crippen LogP contribution in [0.4, 0.5) is 0 Å². The Balaban J connectivity index is 1.62. The van der Waals surface area contributed by atoms with Gasteiger partial charge in [-0.2, -0.15) is 0 Å². The molecule has 2 saturated carbocycles. The molecule has 1 heterocycles. The largest absolute Gasteiger partial charge is 0.349 e. The van der Waals surface area contributed by atoms with Crippen LogP contribution in [-0.4, -0.2) is 14.3 Å². The van der Waals surface area contributed by atoms with Crippen LogP contribution in [-0.2, 0) is 13.8 Å². The number of amides is 1. The van der Waals surface area contributed by atoms with E-state index < -0.39 is 9.05 Å². The van der Waals surface area contributed by atoms with E-state index in [1.165, 1.54) is 31.7 Å². The molecule has 3 rings (SSSR count). The predicted molar refractivity (Wildman–Crippen MR) is 82.9 cm³/mol. The molecule has 2 fully saturated rings. The summed E-state index contributed by atoms with van der Waals surface area (Å²) in [5.74, 6) is 1.44. The summed E-state index contributed by atoms with van der Waals surface area (Å²) in [6.45, 7) is 1.88. The topological polar surface area (TPSA) is 63.2 Å². The molecule has 1 aromatic rings. The highest BCUT2D eigenvalue weighted by Crippen LogP contribution is 2.55. The molecule has 1 aromatic heterocycles. The van der Waals surface area contributed by atoms with Crippen molar-refractivity contribution in [3.05, 3.63) is 17.0 Å². The Labute approximate surface area is 133 Å². The van der Waals surface area contributed by atoms with Gasteiger partial charge in [-0.25, -0.2) is 8.42 Å². The van der Waals surface area contributed by atoms with Gasteiger partial charge < -0.3 is 5.32 Å². The second kappa shape index (κ2) is 5.56. The molecule has 0 aliphatic heterocycles. The summed E-state index contributed by atoms with van der Waals surface area (Å²) in [5.41, 5.74) is 0. The first-order valence-electron chi connectivity index (χ1n) is 7.22. The second-order valence-electron chi connectivity index (χ2n) is 5.96. The van der Waals surface area contributed by atoms with Gasteiger partial charge in [-0.05, 0) is 43.7 Å². The number of carbonyl (C=O) groups excluding carboxylic acids is 1. The van der Waals surface area contributed by atoms with Crippen LogP contribution in [0.1, 0.15) is 43.5 Å². The molecule has 21 heavy (non-hydrogen) atoms. The lowest BCUT2D eigenvalue weighted by atomic mass is 10.0. The lowest BCUT2D eigenvalue weighted by Crippen LogP contribution is -2.28. The van der Waals surface area contributed by atoms with Gasteiger partial charge in [0.2, 0.25) is 5.91 Å². The third kappa shape index (κ3) is 3.12. The molecule has 116 valence electrons. The number of hydrogen-bond acceptors (Lipinski definition) is 4. The Kier molecular flexibility index (Phi) is 4.05. The van der Waals surface area contributed by atoms with E-state index in [2.05, 4.69) is 5.32 Å². The van der Waals surface area contributed by atoms with E-state index in [9.17, 15) is 13.2 Å². The molecule has 0 radical (unpaired) electrons. The van der Waals surface area contributed by atoms with Crippen LogP contribution in [0, 0.1) is 17.8 Å². The molecule has 0 spiro atoms. The van der Waals surface area contributed by atoms with E-state index in [1.807, 2.05) is 6.92 Å². The second-order valence-corrected chi connectivity index (χ2v) is 9.87. The molecule has 1 amide bonds. The molecule has 0 bridgehead atoms. The minimum Gasteiger partial charge on any atom is -0.349 e. The minimum absolute atomic E-state index is 0.114. The zero-order valence-corrected chi connectivity index (χ0v) is 14.1. The van der Waals surface area contributed by atoms with Crippen LogP contribution in [0.15, 0.2) is 16.3 Å². The number of fused-ring (bicyclic) bond motifs is 1. The Bertz CT molecular complexity index is 643. The fourth-order valence-electron chi connectivity index (χ4n) is 3.46. The van der Waals surface area contributed by atoms with E-state index in [4.69, 9.17) is 10.7 Å². The monoisotopic (exact) mass is 347 g/mol. The maximum atomic E-state index is 12.3. The normalized spacial score (nSPS) is 29.5. The Morgan fingerprint density at radius 1 is 1.33 bits per heavy atom. The van der Waals surface area contributed by atoms with Crippen molar-refractivity contribution >= 4 is 37.0 Å². The first-order chi connectivity index (χ1) is 9.88. The van der Waals surface area contributed by atoms with Gasteiger partial charge >= 0.3 is 0 Å². The van der Waals surface area contributed by atoms with Crippen molar-refractivity contribution in [2.24, 2.45) is 17.8 Å². The summed E-state index contributed by atoms with van der Waals surface area (Å²) in [6, 6.07) is 3.02. The summed E-state index contributed by atoms with van der Waals surface area (Å²) >= 11 is 1.11. The van der Waals surface area contributed by atoms with Gasteiger partial charge in [0.15, 0.2) is 0 Å². The molecule has 0 saturated heterocycles. The van der Waals surface area contributed by atoms with E-state index in [-0.39, 0.29) is 22.1 Å². The van der Waals surface area contributed by atoms with Crippen molar-refractivity contribution in [2.75, 3.05) is 0 Å². The number of hydrogen-bond donors (Lipinski definition) is 1. The van der Waals surface area contributed by atoms with Crippen molar-refractivity contribution in [2.45, 2.75) is 42.9 Å². The van der Waals surface area contributed by atoms with E-state index in [0.29, 0.717) is 11.8 Å². The third-order valence-corrected chi connectivity index (χ3v) is 7.95. The highest BCUT2D eigenvalue weighted by molar-refractivity contribution is 8.15. The highest BCUT2D eigenvalue weighted by atomic mass is 35.7. The van der Waals surface area contributed by atoms with Crippen LogP contribution in [0.2, 0.25) is 0 Å². The van der Waals surface area contributed by atoms with Crippen molar-refractivity contribution in [3.63, 3.8) is 0 Å². The SMILES string of the molecule is CC(NC(=O)C1C2CCCCC21)c1ccc(S(=O)(=O)Cl)s1. The summed E-state index contributed by atoms with van der Waals surface area (Å²) in [4.78, 5) is 13.1.